The van der Waals surface area contributed by atoms with Crippen molar-refractivity contribution in [3.63, 3.8) is 0 Å². The van der Waals surface area contributed by atoms with Gasteiger partial charge in [0.15, 0.2) is 5.11 Å². The van der Waals surface area contributed by atoms with Gasteiger partial charge in [-0.1, -0.05) is 13.8 Å². The molecule has 6 nitrogen and oxygen atoms in total. The Bertz CT molecular complexity index is 818. The maximum absolute atomic E-state index is 12.3. The minimum absolute atomic E-state index is 0.134. The lowest BCUT2D eigenvalue weighted by atomic mass is 10.2. The van der Waals surface area contributed by atoms with Gasteiger partial charge in [-0.05, 0) is 73.6 Å². The van der Waals surface area contributed by atoms with Crippen LogP contribution in [-0.4, -0.2) is 30.1 Å². The van der Waals surface area contributed by atoms with Crippen LogP contribution in [0, 0.1) is 5.92 Å². The van der Waals surface area contributed by atoms with E-state index in [-0.39, 0.29) is 16.9 Å². The van der Waals surface area contributed by atoms with Crippen LogP contribution < -0.4 is 20.7 Å². The van der Waals surface area contributed by atoms with Gasteiger partial charge in [0.2, 0.25) is 0 Å². The number of amides is 2. The summed E-state index contributed by atoms with van der Waals surface area (Å²) in [6, 6.07) is 13.7. The van der Waals surface area contributed by atoms with Crippen LogP contribution in [0.3, 0.4) is 0 Å². The predicted octanol–water partition coefficient (Wildman–Crippen LogP) is 3.60. The lowest BCUT2D eigenvalue weighted by Crippen LogP contribution is -2.34. The average molecular weight is 400 g/mol. The number of hydrogen-bond acceptors (Lipinski definition) is 4. The molecule has 7 heteroatoms. The zero-order valence-electron chi connectivity index (χ0n) is 16.2. The molecule has 2 aromatic rings. The van der Waals surface area contributed by atoms with Gasteiger partial charge >= 0.3 is 0 Å². The number of ether oxygens (including phenoxy) is 1. The number of carbonyl (C=O) groups excluding carboxylic acids is 2. The highest BCUT2D eigenvalue weighted by atomic mass is 32.1. The Morgan fingerprint density at radius 1 is 0.964 bits per heavy atom. The van der Waals surface area contributed by atoms with E-state index in [1.54, 1.807) is 48.5 Å². The van der Waals surface area contributed by atoms with E-state index >= 15 is 0 Å². The molecule has 0 fully saturated rings. The van der Waals surface area contributed by atoms with Crippen molar-refractivity contribution < 1.29 is 14.3 Å². The summed E-state index contributed by atoms with van der Waals surface area (Å²) in [5, 5.41) is 8.47. The van der Waals surface area contributed by atoms with Crippen molar-refractivity contribution in [3.05, 3.63) is 59.7 Å². The first-order chi connectivity index (χ1) is 13.4. The molecular formula is C21H25N3O3S. The van der Waals surface area contributed by atoms with E-state index in [9.17, 15) is 9.59 Å². The normalized spacial score (nSPS) is 10.3. The molecule has 3 N–H and O–H groups in total. The van der Waals surface area contributed by atoms with Crippen LogP contribution in [0.2, 0.25) is 0 Å². The zero-order valence-corrected chi connectivity index (χ0v) is 17.1. The van der Waals surface area contributed by atoms with E-state index in [0.717, 1.165) is 5.75 Å². The molecule has 2 rings (SSSR count). The fraction of sp³-hybridized carbons (Fsp3) is 0.286. The Balaban J connectivity index is 1.88. The third-order valence-corrected chi connectivity index (χ3v) is 3.87. The van der Waals surface area contributed by atoms with Gasteiger partial charge < -0.3 is 15.4 Å². The molecule has 148 valence electrons. The van der Waals surface area contributed by atoms with Crippen molar-refractivity contribution in [3.8, 4) is 5.75 Å². The van der Waals surface area contributed by atoms with E-state index < -0.39 is 0 Å². The molecule has 0 saturated heterocycles. The van der Waals surface area contributed by atoms with Gasteiger partial charge in [0.05, 0.1) is 6.61 Å². The van der Waals surface area contributed by atoms with Gasteiger partial charge in [0.25, 0.3) is 11.8 Å². The molecule has 0 aromatic heterocycles. The summed E-state index contributed by atoms with van der Waals surface area (Å²) in [5.41, 5.74) is 1.71. The summed E-state index contributed by atoms with van der Waals surface area (Å²) in [6.07, 6.45) is 0. The Labute approximate surface area is 170 Å². The summed E-state index contributed by atoms with van der Waals surface area (Å²) in [4.78, 5) is 24.1. The van der Waals surface area contributed by atoms with Gasteiger partial charge in [-0.2, -0.15) is 0 Å². The Morgan fingerprint density at radius 3 is 2.11 bits per heavy atom. The first kappa shape index (κ1) is 21.4. The van der Waals surface area contributed by atoms with E-state index in [1.165, 1.54) is 0 Å². The third kappa shape index (κ3) is 6.66. The average Bonchev–Trinajstić information content (AvgIpc) is 2.67. The van der Waals surface area contributed by atoms with Crippen molar-refractivity contribution in [2.75, 3.05) is 18.5 Å². The summed E-state index contributed by atoms with van der Waals surface area (Å²) in [7, 11) is 0. The quantitative estimate of drug-likeness (QED) is 0.620. The molecule has 0 radical (unpaired) electrons. The molecule has 0 unspecified atom stereocenters. The first-order valence-corrected chi connectivity index (χ1v) is 9.53. The maximum Gasteiger partial charge on any atom is 0.257 e. The Morgan fingerprint density at radius 2 is 1.54 bits per heavy atom. The summed E-state index contributed by atoms with van der Waals surface area (Å²) < 4.78 is 5.61. The van der Waals surface area contributed by atoms with E-state index in [1.807, 2.05) is 6.92 Å². The minimum atomic E-state index is -0.313. The number of rotatable bonds is 7. The maximum atomic E-state index is 12.3. The number of carbonyl (C=O) groups is 2. The monoisotopic (exact) mass is 399 g/mol. The van der Waals surface area contributed by atoms with Gasteiger partial charge in [0.1, 0.15) is 5.75 Å². The van der Waals surface area contributed by atoms with Crippen LogP contribution in [0.5, 0.6) is 5.75 Å². The molecule has 28 heavy (non-hydrogen) atoms. The molecule has 0 spiro atoms. The van der Waals surface area contributed by atoms with Crippen LogP contribution >= 0.6 is 12.2 Å². The lowest BCUT2D eigenvalue weighted by molar-refractivity contribution is 0.0953. The SMILES string of the molecule is CCNC(=O)c1ccc(NC(=S)NC(=O)c2ccc(OCC(C)C)cc2)cc1. The Kier molecular flexibility index (Phi) is 7.95. The molecule has 2 amide bonds. The molecule has 0 aliphatic rings. The molecule has 2 aromatic carbocycles. The molecule has 0 heterocycles. The number of hydrogen-bond donors (Lipinski definition) is 3. The molecular weight excluding hydrogens is 374 g/mol. The fourth-order valence-electron chi connectivity index (χ4n) is 2.27. The van der Waals surface area contributed by atoms with Gasteiger partial charge in [0, 0.05) is 23.4 Å². The van der Waals surface area contributed by atoms with Gasteiger partial charge in [-0.25, -0.2) is 0 Å². The van der Waals surface area contributed by atoms with Crippen molar-refractivity contribution >= 4 is 34.8 Å². The van der Waals surface area contributed by atoms with E-state index in [2.05, 4.69) is 29.8 Å². The van der Waals surface area contributed by atoms with Crippen LogP contribution in [0.4, 0.5) is 5.69 Å². The zero-order chi connectivity index (χ0) is 20.5. The summed E-state index contributed by atoms with van der Waals surface area (Å²) in [6.45, 7) is 7.20. The second-order valence-corrected chi connectivity index (χ2v) is 6.98. The molecule has 0 saturated carbocycles. The highest BCUT2D eigenvalue weighted by Gasteiger charge is 2.09. The highest BCUT2D eigenvalue weighted by molar-refractivity contribution is 7.80. The second kappa shape index (κ2) is 10.4. The first-order valence-electron chi connectivity index (χ1n) is 9.12. The molecule has 0 aliphatic carbocycles. The minimum Gasteiger partial charge on any atom is -0.493 e. The van der Waals surface area contributed by atoms with Gasteiger partial charge in [-0.3, -0.25) is 14.9 Å². The van der Waals surface area contributed by atoms with Crippen molar-refractivity contribution in [2.24, 2.45) is 5.92 Å². The largest absolute Gasteiger partial charge is 0.493 e. The number of thiocarbonyl (C=S) groups is 1. The van der Waals surface area contributed by atoms with Crippen LogP contribution in [0.25, 0.3) is 0 Å². The smallest absolute Gasteiger partial charge is 0.257 e. The highest BCUT2D eigenvalue weighted by Crippen LogP contribution is 2.14. The Hall–Kier alpha value is -2.93. The summed E-state index contributed by atoms with van der Waals surface area (Å²) in [5.74, 6) is 0.706. The van der Waals surface area contributed by atoms with Crippen LogP contribution in [-0.2, 0) is 0 Å². The van der Waals surface area contributed by atoms with Crippen molar-refractivity contribution in [1.82, 2.24) is 10.6 Å². The number of anilines is 1. The molecule has 0 atom stereocenters. The lowest BCUT2D eigenvalue weighted by Gasteiger charge is -2.11. The third-order valence-electron chi connectivity index (χ3n) is 3.67. The van der Waals surface area contributed by atoms with Crippen molar-refractivity contribution in [2.45, 2.75) is 20.8 Å². The van der Waals surface area contributed by atoms with E-state index in [4.69, 9.17) is 17.0 Å². The number of nitrogens with one attached hydrogen (secondary N) is 3. The van der Waals surface area contributed by atoms with Crippen LogP contribution in [0.15, 0.2) is 48.5 Å². The summed E-state index contributed by atoms with van der Waals surface area (Å²) >= 11 is 5.19. The van der Waals surface area contributed by atoms with Gasteiger partial charge in [-0.15, -0.1) is 0 Å². The molecule has 0 aliphatic heterocycles. The van der Waals surface area contributed by atoms with Crippen LogP contribution in [0.1, 0.15) is 41.5 Å². The fourth-order valence-corrected chi connectivity index (χ4v) is 2.48. The topological polar surface area (TPSA) is 79.5 Å². The van der Waals surface area contributed by atoms with Crippen molar-refractivity contribution in [1.29, 1.82) is 0 Å². The standard InChI is InChI=1S/C21H25N3O3S/c1-4-22-19(25)15-5-9-17(10-6-15)23-21(28)24-20(26)16-7-11-18(12-8-16)27-13-14(2)3/h5-12,14H,4,13H2,1-3H3,(H,22,25)(H2,23,24,26,28). The van der Waals surface area contributed by atoms with E-state index in [0.29, 0.717) is 35.9 Å². The number of benzene rings is 2. The second-order valence-electron chi connectivity index (χ2n) is 6.57. The molecule has 0 bridgehead atoms. The predicted molar refractivity (Wildman–Crippen MR) is 115 cm³/mol.